The molecule has 1 fully saturated rings. The van der Waals surface area contributed by atoms with Crippen LogP contribution in [0.2, 0.25) is 5.02 Å². The Hall–Kier alpha value is -3.03. The average molecular weight is 465 g/mol. The van der Waals surface area contributed by atoms with Gasteiger partial charge in [0.25, 0.3) is 5.91 Å². The maximum absolute atomic E-state index is 12.6. The van der Waals surface area contributed by atoms with E-state index in [-0.39, 0.29) is 5.91 Å². The van der Waals surface area contributed by atoms with Crippen molar-refractivity contribution in [1.82, 2.24) is 19.7 Å². The van der Waals surface area contributed by atoms with Gasteiger partial charge in [-0.25, -0.2) is 0 Å². The van der Waals surface area contributed by atoms with E-state index < -0.39 is 0 Å². The summed E-state index contributed by atoms with van der Waals surface area (Å²) in [5.74, 6) is 2.06. The molecule has 1 aliphatic rings. The van der Waals surface area contributed by atoms with Crippen LogP contribution in [0.3, 0.4) is 0 Å². The molecule has 0 aliphatic carbocycles. The summed E-state index contributed by atoms with van der Waals surface area (Å²) in [6.07, 6.45) is 3.80. The van der Waals surface area contributed by atoms with E-state index in [0.717, 1.165) is 47.9 Å². The number of furan rings is 1. The lowest BCUT2D eigenvalue weighted by molar-refractivity contribution is 0.0793. The predicted molar refractivity (Wildman–Crippen MR) is 125 cm³/mol. The molecule has 0 N–H and O–H groups in total. The van der Waals surface area contributed by atoms with Gasteiger partial charge in [-0.15, -0.1) is 10.2 Å². The molecule has 0 atom stereocenters. The third-order valence-electron chi connectivity index (χ3n) is 5.40. The summed E-state index contributed by atoms with van der Waals surface area (Å²) >= 11 is 7.80. The second-order valence-electron chi connectivity index (χ2n) is 7.58. The van der Waals surface area contributed by atoms with Crippen molar-refractivity contribution in [3.05, 3.63) is 83.1 Å². The smallest absolute Gasteiger partial charge is 0.253 e. The number of amides is 1. The highest BCUT2D eigenvalue weighted by molar-refractivity contribution is 7.98. The molecule has 4 aromatic rings. The first-order valence-corrected chi connectivity index (χ1v) is 11.8. The van der Waals surface area contributed by atoms with E-state index >= 15 is 0 Å². The number of nitrogens with zero attached hydrogens (tertiary/aromatic N) is 4. The van der Waals surface area contributed by atoms with Crippen LogP contribution in [0.1, 0.15) is 28.8 Å². The van der Waals surface area contributed by atoms with Gasteiger partial charge in [0.1, 0.15) is 0 Å². The molecule has 3 heterocycles. The number of benzene rings is 2. The fourth-order valence-electron chi connectivity index (χ4n) is 3.77. The van der Waals surface area contributed by atoms with Crippen LogP contribution in [0.4, 0.5) is 0 Å². The van der Waals surface area contributed by atoms with E-state index in [1.54, 1.807) is 18.0 Å². The van der Waals surface area contributed by atoms with Crippen molar-refractivity contribution < 1.29 is 9.21 Å². The Morgan fingerprint density at radius 3 is 2.56 bits per heavy atom. The summed E-state index contributed by atoms with van der Waals surface area (Å²) in [6.45, 7) is 1.71. The van der Waals surface area contributed by atoms with Gasteiger partial charge in [-0.2, -0.15) is 0 Å². The number of likely N-dealkylation sites (tertiary alicyclic amines) is 1. The summed E-state index contributed by atoms with van der Waals surface area (Å²) in [6, 6.07) is 19.1. The molecule has 1 saturated heterocycles. The number of carbonyl (C=O) groups excluding carboxylic acids is 1. The van der Waals surface area contributed by atoms with Gasteiger partial charge in [-0.3, -0.25) is 9.36 Å². The minimum absolute atomic E-state index is 0.116. The summed E-state index contributed by atoms with van der Waals surface area (Å²) in [7, 11) is 0. The molecule has 2 aromatic heterocycles. The number of rotatable bonds is 6. The molecule has 0 bridgehead atoms. The molecular formula is C24H21ClN4O2S. The minimum atomic E-state index is 0.116. The molecule has 1 amide bonds. The fraction of sp³-hybridized carbons (Fsp3) is 0.208. The zero-order chi connectivity index (χ0) is 21.9. The Morgan fingerprint density at radius 2 is 1.84 bits per heavy atom. The van der Waals surface area contributed by atoms with Crippen LogP contribution in [0.25, 0.3) is 17.3 Å². The molecule has 0 unspecified atom stereocenters. The molecule has 5 rings (SSSR count). The van der Waals surface area contributed by atoms with E-state index in [0.29, 0.717) is 22.4 Å². The first-order valence-electron chi connectivity index (χ1n) is 10.5. The first-order chi connectivity index (χ1) is 15.7. The molecule has 162 valence electrons. The zero-order valence-electron chi connectivity index (χ0n) is 17.3. The van der Waals surface area contributed by atoms with Crippen LogP contribution in [0.15, 0.2) is 76.5 Å². The van der Waals surface area contributed by atoms with Gasteiger partial charge < -0.3 is 9.32 Å². The standard InChI is InChI=1S/C24H21ClN4O2S/c25-19-5-3-6-20(15-19)29-22(21-7-4-14-31-21)26-27-24(29)32-16-17-8-10-18(11-9-17)23(30)28-12-1-2-13-28/h3-11,14-15H,1-2,12-13,16H2. The lowest BCUT2D eigenvalue weighted by atomic mass is 10.1. The van der Waals surface area contributed by atoms with Crippen LogP contribution < -0.4 is 0 Å². The molecule has 8 heteroatoms. The van der Waals surface area contributed by atoms with Crippen LogP contribution in [0, 0.1) is 0 Å². The van der Waals surface area contributed by atoms with Crippen LogP contribution in [-0.2, 0) is 5.75 Å². The fourth-order valence-corrected chi connectivity index (χ4v) is 4.86. The third kappa shape index (κ3) is 4.31. The summed E-state index contributed by atoms with van der Waals surface area (Å²) in [5.41, 5.74) is 2.71. The van der Waals surface area contributed by atoms with Crippen molar-refractivity contribution in [3.63, 3.8) is 0 Å². The highest BCUT2D eigenvalue weighted by atomic mass is 35.5. The van der Waals surface area contributed by atoms with E-state index in [9.17, 15) is 4.79 Å². The molecule has 0 saturated carbocycles. The number of hydrogen-bond donors (Lipinski definition) is 0. The molecule has 0 radical (unpaired) electrons. The van der Waals surface area contributed by atoms with Crippen molar-refractivity contribution in [2.75, 3.05) is 13.1 Å². The second kappa shape index (κ2) is 9.22. The monoisotopic (exact) mass is 464 g/mol. The van der Waals surface area contributed by atoms with Crippen molar-refractivity contribution >= 4 is 29.3 Å². The van der Waals surface area contributed by atoms with E-state index in [2.05, 4.69) is 10.2 Å². The molecular weight excluding hydrogens is 444 g/mol. The van der Waals surface area contributed by atoms with Crippen molar-refractivity contribution in [2.45, 2.75) is 23.8 Å². The summed E-state index contributed by atoms with van der Waals surface area (Å²) < 4.78 is 7.51. The first kappa shape index (κ1) is 20.8. The summed E-state index contributed by atoms with van der Waals surface area (Å²) in [4.78, 5) is 14.5. The molecule has 32 heavy (non-hydrogen) atoms. The predicted octanol–water partition coefficient (Wildman–Crippen LogP) is 5.71. The summed E-state index contributed by atoms with van der Waals surface area (Å²) in [5, 5.41) is 10.1. The van der Waals surface area contributed by atoms with Gasteiger partial charge in [-0.1, -0.05) is 41.6 Å². The van der Waals surface area contributed by atoms with Crippen molar-refractivity contribution in [3.8, 4) is 17.3 Å². The van der Waals surface area contributed by atoms with Gasteiger partial charge in [0.05, 0.1) is 12.0 Å². The number of hydrogen-bond acceptors (Lipinski definition) is 5. The van der Waals surface area contributed by atoms with Crippen molar-refractivity contribution in [2.24, 2.45) is 0 Å². The van der Waals surface area contributed by atoms with Crippen LogP contribution in [0.5, 0.6) is 0 Å². The normalized spacial score (nSPS) is 13.6. The maximum atomic E-state index is 12.6. The molecule has 0 spiro atoms. The van der Waals surface area contributed by atoms with Crippen LogP contribution in [-0.4, -0.2) is 38.7 Å². The lowest BCUT2D eigenvalue weighted by Gasteiger charge is -2.15. The zero-order valence-corrected chi connectivity index (χ0v) is 18.9. The Balaban J connectivity index is 1.37. The number of thioether (sulfide) groups is 1. The SMILES string of the molecule is O=C(c1ccc(CSc2nnc(-c3ccco3)n2-c2cccc(Cl)c2)cc1)N1CCCC1. The Labute approximate surface area is 195 Å². The average Bonchev–Trinajstić information content (AvgIpc) is 3.59. The van der Waals surface area contributed by atoms with Gasteiger partial charge in [0.2, 0.25) is 5.82 Å². The van der Waals surface area contributed by atoms with Gasteiger partial charge >= 0.3 is 0 Å². The van der Waals surface area contributed by atoms with E-state index in [4.69, 9.17) is 16.0 Å². The number of aromatic nitrogens is 3. The Bertz CT molecular complexity index is 1220. The number of halogens is 1. The topological polar surface area (TPSA) is 64.2 Å². The largest absolute Gasteiger partial charge is 0.461 e. The van der Waals surface area contributed by atoms with Gasteiger partial charge in [0.15, 0.2) is 10.9 Å². The Morgan fingerprint density at radius 1 is 1.03 bits per heavy atom. The molecule has 1 aliphatic heterocycles. The van der Waals surface area contributed by atoms with E-state index in [1.165, 1.54) is 0 Å². The number of carbonyl (C=O) groups is 1. The van der Waals surface area contributed by atoms with Crippen LogP contribution >= 0.6 is 23.4 Å². The highest BCUT2D eigenvalue weighted by Crippen LogP contribution is 2.31. The molecule has 6 nitrogen and oxygen atoms in total. The van der Waals surface area contributed by atoms with Gasteiger partial charge in [-0.05, 0) is 60.9 Å². The van der Waals surface area contributed by atoms with E-state index in [1.807, 2.05) is 70.1 Å². The maximum Gasteiger partial charge on any atom is 0.253 e. The second-order valence-corrected chi connectivity index (χ2v) is 8.96. The molecule has 2 aromatic carbocycles. The Kier molecular flexibility index (Phi) is 6.01. The third-order valence-corrected chi connectivity index (χ3v) is 6.64. The lowest BCUT2D eigenvalue weighted by Crippen LogP contribution is -2.27. The minimum Gasteiger partial charge on any atom is -0.461 e. The highest BCUT2D eigenvalue weighted by Gasteiger charge is 2.20. The van der Waals surface area contributed by atoms with Gasteiger partial charge in [0, 0.05) is 29.4 Å². The quantitative estimate of drug-likeness (QED) is 0.342. The van der Waals surface area contributed by atoms with Crippen molar-refractivity contribution in [1.29, 1.82) is 0 Å².